The number of halogens is 1. The fraction of sp³-hybridized carbons (Fsp3) is 0.900. The van der Waals surface area contributed by atoms with Gasteiger partial charge >= 0.3 is 0 Å². The molecule has 1 heterocycles. The van der Waals surface area contributed by atoms with Gasteiger partial charge in [0.25, 0.3) is 0 Å². The van der Waals surface area contributed by atoms with Gasteiger partial charge in [-0.1, -0.05) is 0 Å². The second kappa shape index (κ2) is 7.28. The number of carbonyl (C=O) groups excluding carboxylic acids is 1. The molecule has 8 heteroatoms. The Morgan fingerprint density at radius 3 is 2.50 bits per heavy atom. The van der Waals surface area contributed by atoms with Crippen LogP contribution < -0.4 is 10.5 Å². The summed E-state index contributed by atoms with van der Waals surface area (Å²) in [6.07, 6.45) is 1.86. The monoisotopic (exact) mass is 297 g/mol. The molecule has 3 N–H and O–H groups in total. The zero-order valence-electron chi connectivity index (χ0n) is 10.3. The molecule has 0 aromatic heterocycles. The Morgan fingerprint density at radius 1 is 1.39 bits per heavy atom. The summed E-state index contributed by atoms with van der Waals surface area (Å²) in [7, 11) is -3.23. The molecule has 106 valence electrons. The molecule has 0 aromatic carbocycles. The van der Waals surface area contributed by atoms with Crippen LogP contribution in [0.1, 0.15) is 19.3 Å². The van der Waals surface area contributed by atoms with Crippen LogP contribution in [-0.4, -0.2) is 56.5 Å². The van der Waals surface area contributed by atoms with Gasteiger partial charge in [-0.3, -0.25) is 9.69 Å². The van der Waals surface area contributed by atoms with Crippen molar-refractivity contribution in [2.45, 2.75) is 25.3 Å². The summed E-state index contributed by atoms with van der Waals surface area (Å²) in [6.45, 7) is 1.61. The molecule has 6 nitrogen and oxygen atoms in total. The number of amides is 1. The van der Waals surface area contributed by atoms with Crippen LogP contribution in [0.2, 0.25) is 0 Å². The minimum Gasteiger partial charge on any atom is -0.369 e. The van der Waals surface area contributed by atoms with Gasteiger partial charge in [-0.25, -0.2) is 13.1 Å². The second-order valence-corrected chi connectivity index (χ2v) is 6.75. The molecule has 0 unspecified atom stereocenters. The number of alkyl halides is 1. The van der Waals surface area contributed by atoms with Gasteiger partial charge in [-0.05, 0) is 19.3 Å². The molecular formula is C10H20ClN3O3S. The third kappa shape index (κ3) is 5.99. The Bertz CT molecular complexity index is 367. The third-order valence-corrected chi connectivity index (χ3v) is 4.65. The summed E-state index contributed by atoms with van der Waals surface area (Å²) in [5.74, 6) is 0.0619. The minimum atomic E-state index is -3.23. The topological polar surface area (TPSA) is 92.5 Å². The van der Waals surface area contributed by atoms with Gasteiger partial charge in [0, 0.05) is 25.0 Å². The van der Waals surface area contributed by atoms with Crippen LogP contribution in [0.3, 0.4) is 0 Å². The quantitative estimate of drug-likeness (QED) is 0.619. The number of sulfonamides is 1. The molecule has 0 spiro atoms. The molecule has 1 aliphatic heterocycles. The first kappa shape index (κ1) is 15.7. The van der Waals surface area contributed by atoms with Gasteiger partial charge in [0.1, 0.15) is 0 Å². The largest absolute Gasteiger partial charge is 0.369 e. The van der Waals surface area contributed by atoms with E-state index in [4.69, 9.17) is 17.3 Å². The van der Waals surface area contributed by atoms with Gasteiger partial charge in [-0.2, -0.15) is 0 Å². The van der Waals surface area contributed by atoms with E-state index in [0.29, 0.717) is 38.2 Å². The number of primary amides is 1. The Hall–Kier alpha value is -0.370. The van der Waals surface area contributed by atoms with Crippen LogP contribution in [0.4, 0.5) is 0 Å². The van der Waals surface area contributed by atoms with Gasteiger partial charge < -0.3 is 5.73 Å². The maximum atomic E-state index is 11.7. The van der Waals surface area contributed by atoms with Crippen LogP contribution in [-0.2, 0) is 14.8 Å². The van der Waals surface area contributed by atoms with E-state index >= 15 is 0 Å². The highest BCUT2D eigenvalue weighted by Crippen LogP contribution is 2.11. The number of nitrogens with one attached hydrogen (secondary N) is 1. The first-order valence-corrected chi connectivity index (χ1v) is 8.18. The van der Waals surface area contributed by atoms with Crippen molar-refractivity contribution in [2.75, 3.05) is 31.3 Å². The van der Waals surface area contributed by atoms with Gasteiger partial charge in [0.15, 0.2) is 0 Å². The van der Waals surface area contributed by atoms with Crippen LogP contribution in [0.15, 0.2) is 0 Å². The van der Waals surface area contributed by atoms with E-state index in [1.54, 1.807) is 0 Å². The Labute approximate surface area is 113 Å². The predicted molar refractivity (Wildman–Crippen MR) is 70.9 cm³/mol. The Kier molecular flexibility index (Phi) is 6.34. The number of nitrogens with zero attached hydrogens (tertiary/aromatic N) is 1. The molecule has 18 heavy (non-hydrogen) atoms. The van der Waals surface area contributed by atoms with E-state index in [-0.39, 0.29) is 24.2 Å². The predicted octanol–water partition coefficient (Wildman–Crippen LogP) is -0.516. The highest BCUT2D eigenvalue weighted by molar-refractivity contribution is 7.89. The van der Waals surface area contributed by atoms with E-state index in [2.05, 4.69) is 4.72 Å². The standard InChI is InChI=1S/C10H20ClN3O3S/c11-4-1-7-18(16,17)13-9-2-5-14(6-3-9)8-10(12)15/h9,13H,1-8H2,(H2,12,15). The average Bonchev–Trinajstić information content (AvgIpc) is 2.28. The summed E-state index contributed by atoms with van der Waals surface area (Å²) in [4.78, 5) is 12.7. The van der Waals surface area contributed by atoms with E-state index < -0.39 is 10.0 Å². The lowest BCUT2D eigenvalue weighted by molar-refractivity contribution is -0.119. The lowest BCUT2D eigenvalue weighted by atomic mass is 10.1. The summed E-state index contributed by atoms with van der Waals surface area (Å²) in [6, 6.07) is -0.0468. The molecule has 1 aliphatic rings. The molecule has 1 rings (SSSR count). The molecule has 0 bridgehead atoms. The molecule has 1 fully saturated rings. The average molecular weight is 298 g/mol. The molecule has 0 aromatic rings. The van der Waals surface area contributed by atoms with E-state index in [1.807, 2.05) is 4.90 Å². The molecule has 1 saturated heterocycles. The highest BCUT2D eigenvalue weighted by atomic mass is 35.5. The smallest absolute Gasteiger partial charge is 0.231 e. The Morgan fingerprint density at radius 2 is 2.00 bits per heavy atom. The number of likely N-dealkylation sites (tertiary alicyclic amines) is 1. The van der Waals surface area contributed by atoms with Crippen molar-refractivity contribution in [3.8, 4) is 0 Å². The van der Waals surface area contributed by atoms with Crippen LogP contribution in [0.25, 0.3) is 0 Å². The normalized spacial score (nSPS) is 18.9. The maximum absolute atomic E-state index is 11.7. The zero-order chi connectivity index (χ0) is 13.6. The SMILES string of the molecule is NC(=O)CN1CCC(NS(=O)(=O)CCCCl)CC1. The third-order valence-electron chi connectivity index (χ3n) is 2.86. The van der Waals surface area contributed by atoms with Crippen molar-refractivity contribution >= 4 is 27.5 Å². The number of nitrogens with two attached hydrogens (primary N) is 1. The number of carbonyl (C=O) groups is 1. The first-order chi connectivity index (χ1) is 8.43. The van der Waals surface area contributed by atoms with E-state index in [0.717, 1.165) is 0 Å². The number of hydrogen-bond donors (Lipinski definition) is 2. The van der Waals surface area contributed by atoms with Gasteiger partial charge in [0.05, 0.1) is 12.3 Å². The van der Waals surface area contributed by atoms with Gasteiger partial charge in [-0.15, -0.1) is 11.6 Å². The molecule has 0 atom stereocenters. The molecule has 0 radical (unpaired) electrons. The summed E-state index contributed by atoms with van der Waals surface area (Å²) in [5, 5.41) is 0. The molecule has 1 amide bonds. The van der Waals surface area contributed by atoms with Crippen molar-refractivity contribution in [1.29, 1.82) is 0 Å². The fourth-order valence-electron chi connectivity index (χ4n) is 1.99. The second-order valence-electron chi connectivity index (χ2n) is 4.50. The lowest BCUT2D eigenvalue weighted by Gasteiger charge is -2.31. The molecular weight excluding hydrogens is 278 g/mol. The Balaban J connectivity index is 2.33. The lowest BCUT2D eigenvalue weighted by Crippen LogP contribution is -2.47. The van der Waals surface area contributed by atoms with Gasteiger partial charge in [0.2, 0.25) is 15.9 Å². The first-order valence-electron chi connectivity index (χ1n) is 5.99. The van der Waals surface area contributed by atoms with Crippen molar-refractivity contribution in [3.63, 3.8) is 0 Å². The maximum Gasteiger partial charge on any atom is 0.231 e. The van der Waals surface area contributed by atoms with Crippen molar-refractivity contribution in [3.05, 3.63) is 0 Å². The van der Waals surface area contributed by atoms with Crippen LogP contribution in [0, 0.1) is 0 Å². The van der Waals surface area contributed by atoms with E-state index in [1.165, 1.54) is 0 Å². The summed E-state index contributed by atoms with van der Waals surface area (Å²) in [5.41, 5.74) is 5.11. The van der Waals surface area contributed by atoms with Crippen molar-refractivity contribution in [2.24, 2.45) is 5.73 Å². The summed E-state index contributed by atoms with van der Waals surface area (Å²) >= 11 is 5.48. The van der Waals surface area contributed by atoms with E-state index in [9.17, 15) is 13.2 Å². The van der Waals surface area contributed by atoms with Crippen LogP contribution in [0.5, 0.6) is 0 Å². The van der Waals surface area contributed by atoms with Crippen molar-refractivity contribution in [1.82, 2.24) is 9.62 Å². The zero-order valence-corrected chi connectivity index (χ0v) is 11.8. The number of rotatable bonds is 7. The summed E-state index contributed by atoms with van der Waals surface area (Å²) < 4.78 is 26.0. The number of piperidine rings is 1. The number of hydrogen-bond acceptors (Lipinski definition) is 4. The van der Waals surface area contributed by atoms with Crippen LogP contribution >= 0.6 is 11.6 Å². The highest BCUT2D eigenvalue weighted by Gasteiger charge is 2.23. The minimum absolute atomic E-state index is 0.0468. The molecule has 0 aliphatic carbocycles. The van der Waals surface area contributed by atoms with Crippen molar-refractivity contribution < 1.29 is 13.2 Å². The molecule has 0 saturated carbocycles. The fourth-order valence-corrected chi connectivity index (χ4v) is 3.66.